The van der Waals surface area contributed by atoms with E-state index in [2.05, 4.69) is 4.74 Å². The number of methoxy groups -OCH3 is 2. The zero-order chi connectivity index (χ0) is 14.6. The molecule has 0 aliphatic carbocycles. The fraction of sp³-hybridized carbons (Fsp3) is 0.364. The molecule has 1 aromatic rings. The van der Waals surface area contributed by atoms with Crippen LogP contribution in [0.15, 0.2) is 12.1 Å². The maximum atomic E-state index is 11.1. The van der Waals surface area contributed by atoms with E-state index in [9.17, 15) is 20.0 Å². The summed E-state index contributed by atoms with van der Waals surface area (Å²) in [4.78, 5) is 21.2. The lowest BCUT2D eigenvalue weighted by molar-refractivity contribution is -0.386. The van der Waals surface area contributed by atoms with Crippen molar-refractivity contribution in [1.82, 2.24) is 0 Å². The Morgan fingerprint density at radius 3 is 2.55 bits per heavy atom. The number of phenolic OH excluding ortho intramolecular Hbond substituents is 1. The van der Waals surface area contributed by atoms with Crippen molar-refractivity contribution < 1.29 is 24.3 Å². The molecule has 0 radical (unpaired) electrons. The minimum Gasteiger partial charge on any atom is -0.500 e. The van der Waals surface area contributed by atoms with Crippen LogP contribution in [0.3, 0.4) is 0 Å². The summed E-state index contributed by atoms with van der Waals surface area (Å²) in [6.07, 6.45) is -0.137. The van der Waals surface area contributed by atoms with Gasteiger partial charge in [0.05, 0.1) is 25.6 Å². The number of carbonyl (C=O) groups is 1. The number of nitro benzene ring substituents is 1. The van der Waals surface area contributed by atoms with Gasteiger partial charge in [-0.15, -0.1) is 12.4 Å². The highest BCUT2D eigenvalue weighted by atomic mass is 35.5. The Balaban J connectivity index is 0.00000361. The van der Waals surface area contributed by atoms with Gasteiger partial charge < -0.3 is 20.3 Å². The first-order valence-corrected chi connectivity index (χ1v) is 5.28. The topological polar surface area (TPSA) is 125 Å². The van der Waals surface area contributed by atoms with E-state index in [-0.39, 0.29) is 24.6 Å². The van der Waals surface area contributed by atoms with Crippen LogP contribution < -0.4 is 10.5 Å². The number of benzene rings is 1. The number of carbonyl (C=O) groups excluding carboxylic acids is 1. The number of aromatic hydroxyl groups is 1. The molecule has 1 rings (SSSR count). The number of esters is 1. The molecule has 0 heterocycles. The van der Waals surface area contributed by atoms with Gasteiger partial charge in [0.25, 0.3) is 0 Å². The number of nitro groups is 1. The number of hydrogen-bond acceptors (Lipinski definition) is 7. The molecular formula is C11H15ClN2O6. The molecule has 0 saturated carbocycles. The minimum atomic E-state index is -0.791. The molecule has 8 nitrogen and oxygen atoms in total. The normalized spacial score (nSPS) is 11.2. The van der Waals surface area contributed by atoms with E-state index in [1.165, 1.54) is 20.3 Å². The molecular weight excluding hydrogens is 292 g/mol. The Morgan fingerprint density at radius 1 is 1.50 bits per heavy atom. The Kier molecular flexibility index (Phi) is 6.74. The van der Waals surface area contributed by atoms with E-state index >= 15 is 0 Å². The van der Waals surface area contributed by atoms with Crippen molar-refractivity contribution in [2.24, 2.45) is 5.73 Å². The number of rotatable bonds is 5. The lowest BCUT2D eigenvalue weighted by atomic mass is 10.0. The minimum absolute atomic E-state index is 0. The van der Waals surface area contributed by atoms with Crippen LogP contribution >= 0.6 is 12.4 Å². The van der Waals surface area contributed by atoms with Gasteiger partial charge in [-0.25, -0.2) is 0 Å². The third-order valence-electron chi connectivity index (χ3n) is 2.54. The van der Waals surface area contributed by atoms with Gasteiger partial charge in [-0.3, -0.25) is 14.9 Å². The Hall–Kier alpha value is -2.06. The highest BCUT2D eigenvalue weighted by molar-refractivity contribution is 5.85. The summed E-state index contributed by atoms with van der Waals surface area (Å²) in [6, 6.07) is 1.65. The molecule has 1 atom stereocenters. The van der Waals surface area contributed by atoms with Gasteiger partial charge in [-0.1, -0.05) is 0 Å². The van der Waals surface area contributed by atoms with Crippen LogP contribution in [-0.4, -0.2) is 30.2 Å². The van der Waals surface area contributed by atoms with Crippen LogP contribution in [0.2, 0.25) is 0 Å². The molecule has 112 valence electrons. The fourth-order valence-electron chi connectivity index (χ4n) is 1.50. The monoisotopic (exact) mass is 306 g/mol. The number of halogens is 1. The summed E-state index contributed by atoms with van der Waals surface area (Å²) in [7, 11) is 2.48. The van der Waals surface area contributed by atoms with Crippen molar-refractivity contribution in [3.8, 4) is 11.5 Å². The molecule has 0 aliphatic heterocycles. The maximum Gasteiger partial charge on any atom is 0.314 e. The molecule has 3 N–H and O–H groups in total. The number of ether oxygens (including phenoxy) is 2. The van der Waals surface area contributed by atoms with Crippen LogP contribution in [0.4, 0.5) is 5.69 Å². The van der Waals surface area contributed by atoms with Gasteiger partial charge in [0.15, 0.2) is 5.75 Å². The van der Waals surface area contributed by atoms with E-state index < -0.39 is 28.4 Å². The lowest BCUT2D eigenvalue weighted by Crippen LogP contribution is -2.16. The SMILES string of the molecule is COC(=O)C[C@@H](N)c1cc(OC)c(O)c([N+](=O)[O-])c1.Cl. The summed E-state index contributed by atoms with van der Waals surface area (Å²) in [5.74, 6) is -1.20. The molecule has 9 heteroatoms. The van der Waals surface area contributed by atoms with Crippen LogP contribution in [0.1, 0.15) is 18.0 Å². The van der Waals surface area contributed by atoms with Gasteiger partial charge in [-0.2, -0.15) is 0 Å². The average Bonchev–Trinajstić information content (AvgIpc) is 2.38. The second-order valence-electron chi connectivity index (χ2n) is 3.73. The molecule has 0 bridgehead atoms. The molecule has 0 fully saturated rings. The summed E-state index contributed by atoms with van der Waals surface area (Å²) >= 11 is 0. The fourth-order valence-corrected chi connectivity index (χ4v) is 1.50. The smallest absolute Gasteiger partial charge is 0.314 e. The van der Waals surface area contributed by atoms with E-state index in [4.69, 9.17) is 10.5 Å². The van der Waals surface area contributed by atoms with Crippen molar-refractivity contribution in [1.29, 1.82) is 0 Å². The quantitative estimate of drug-likeness (QED) is 0.477. The molecule has 0 unspecified atom stereocenters. The molecule has 0 saturated heterocycles. The zero-order valence-electron chi connectivity index (χ0n) is 10.9. The summed E-state index contributed by atoms with van der Waals surface area (Å²) in [5.41, 5.74) is 5.52. The van der Waals surface area contributed by atoms with Crippen molar-refractivity contribution in [3.63, 3.8) is 0 Å². The van der Waals surface area contributed by atoms with Crippen molar-refractivity contribution in [2.75, 3.05) is 14.2 Å². The number of nitrogens with zero attached hydrogens (tertiary/aromatic N) is 1. The highest BCUT2D eigenvalue weighted by Gasteiger charge is 2.23. The molecule has 20 heavy (non-hydrogen) atoms. The first kappa shape index (κ1) is 17.9. The third kappa shape index (κ3) is 3.97. The zero-order valence-corrected chi connectivity index (χ0v) is 11.7. The van der Waals surface area contributed by atoms with Crippen molar-refractivity contribution in [2.45, 2.75) is 12.5 Å². The summed E-state index contributed by atoms with van der Waals surface area (Å²) in [5, 5.41) is 20.4. The van der Waals surface area contributed by atoms with Crippen LogP contribution in [-0.2, 0) is 9.53 Å². The molecule has 0 spiro atoms. The van der Waals surface area contributed by atoms with E-state index in [1.807, 2.05) is 0 Å². The average molecular weight is 307 g/mol. The maximum absolute atomic E-state index is 11.1. The van der Waals surface area contributed by atoms with Crippen LogP contribution in [0.5, 0.6) is 11.5 Å². The Bertz CT molecular complexity index is 508. The first-order valence-electron chi connectivity index (χ1n) is 5.28. The van der Waals surface area contributed by atoms with Crippen molar-refractivity contribution in [3.05, 3.63) is 27.8 Å². The predicted molar refractivity (Wildman–Crippen MR) is 72.1 cm³/mol. The standard InChI is InChI=1S/C11H14N2O6.ClH/c1-18-9-4-6(7(12)5-10(14)19-2)3-8(11(9)15)13(16)17;/h3-4,7,15H,5,12H2,1-2H3;1H/t7-;/m1./s1. The first-order chi connectivity index (χ1) is 8.90. The predicted octanol–water partition coefficient (Wildman–Crippen LogP) is 1.29. The molecule has 0 amide bonds. The number of nitrogens with two attached hydrogens (primary N) is 1. The summed E-state index contributed by atoms with van der Waals surface area (Å²) in [6.45, 7) is 0. The van der Waals surface area contributed by atoms with E-state index in [1.54, 1.807) is 0 Å². The number of hydrogen-bond donors (Lipinski definition) is 2. The lowest BCUT2D eigenvalue weighted by Gasteiger charge is -2.13. The van der Waals surface area contributed by atoms with E-state index in [0.717, 1.165) is 6.07 Å². The van der Waals surface area contributed by atoms with E-state index in [0.29, 0.717) is 5.56 Å². The molecule has 1 aromatic carbocycles. The van der Waals surface area contributed by atoms with Crippen LogP contribution in [0, 0.1) is 10.1 Å². The summed E-state index contributed by atoms with van der Waals surface area (Å²) < 4.78 is 9.30. The van der Waals surface area contributed by atoms with Gasteiger partial charge in [0.2, 0.25) is 5.75 Å². The van der Waals surface area contributed by atoms with Gasteiger partial charge in [0.1, 0.15) is 0 Å². The van der Waals surface area contributed by atoms with Crippen LogP contribution in [0.25, 0.3) is 0 Å². The van der Waals surface area contributed by atoms with Crippen molar-refractivity contribution >= 4 is 24.1 Å². The molecule has 0 aliphatic rings. The molecule has 0 aromatic heterocycles. The third-order valence-corrected chi connectivity index (χ3v) is 2.54. The Morgan fingerprint density at radius 2 is 2.10 bits per heavy atom. The van der Waals surface area contributed by atoms with Gasteiger partial charge in [0, 0.05) is 12.1 Å². The van der Waals surface area contributed by atoms with Gasteiger partial charge in [-0.05, 0) is 11.6 Å². The second kappa shape index (κ2) is 7.51. The van der Waals surface area contributed by atoms with Gasteiger partial charge >= 0.3 is 11.7 Å². The largest absolute Gasteiger partial charge is 0.500 e. The number of phenols is 1. The highest BCUT2D eigenvalue weighted by Crippen LogP contribution is 2.38. The Labute approximate surface area is 121 Å². The second-order valence-corrected chi connectivity index (χ2v) is 3.73.